The van der Waals surface area contributed by atoms with Gasteiger partial charge in [-0.25, -0.2) is 0 Å². The van der Waals surface area contributed by atoms with Gasteiger partial charge in [-0.2, -0.15) is 0 Å². The molecule has 0 fully saturated rings. The summed E-state index contributed by atoms with van der Waals surface area (Å²) >= 11 is 0. The van der Waals surface area contributed by atoms with Crippen LogP contribution in [0.1, 0.15) is 36.3 Å². The van der Waals surface area contributed by atoms with E-state index >= 15 is 0 Å². The van der Waals surface area contributed by atoms with Crippen LogP contribution in [-0.4, -0.2) is 11.7 Å². The van der Waals surface area contributed by atoms with Gasteiger partial charge in [-0.3, -0.25) is 0 Å². The molecule has 1 aromatic heterocycles. The zero-order valence-corrected chi connectivity index (χ0v) is 11.1. The maximum Gasteiger partial charge on any atom is 0.120 e. The minimum absolute atomic E-state index is 0.104. The average molecular weight is 257 g/mol. The SMILES string of the molecule is CC(NCC1(O)CCc2ccccc21)c1ccco1. The van der Waals surface area contributed by atoms with E-state index in [0.29, 0.717) is 6.54 Å². The van der Waals surface area contributed by atoms with Crippen molar-refractivity contribution in [2.45, 2.75) is 31.4 Å². The lowest BCUT2D eigenvalue weighted by molar-refractivity contribution is 0.0357. The van der Waals surface area contributed by atoms with Gasteiger partial charge < -0.3 is 14.8 Å². The Bertz CT molecular complexity index is 550. The highest BCUT2D eigenvalue weighted by atomic mass is 16.3. The second-order valence-corrected chi connectivity index (χ2v) is 5.31. The molecular formula is C16H19NO2. The molecule has 1 aromatic carbocycles. The molecule has 0 saturated heterocycles. The Labute approximate surface area is 113 Å². The third-order valence-corrected chi connectivity index (χ3v) is 4.00. The van der Waals surface area contributed by atoms with Crippen LogP contribution in [0.5, 0.6) is 0 Å². The van der Waals surface area contributed by atoms with E-state index in [1.165, 1.54) is 5.56 Å². The quantitative estimate of drug-likeness (QED) is 0.885. The summed E-state index contributed by atoms with van der Waals surface area (Å²) in [5.41, 5.74) is 1.57. The molecule has 3 heteroatoms. The molecule has 3 nitrogen and oxygen atoms in total. The van der Waals surface area contributed by atoms with Crippen LogP contribution in [0, 0.1) is 0 Å². The van der Waals surface area contributed by atoms with Gasteiger partial charge in [0.2, 0.25) is 0 Å². The maximum absolute atomic E-state index is 10.8. The highest BCUT2D eigenvalue weighted by molar-refractivity contribution is 5.37. The lowest BCUT2D eigenvalue weighted by Gasteiger charge is -2.26. The summed E-state index contributed by atoms with van der Waals surface area (Å²) in [6.45, 7) is 2.59. The van der Waals surface area contributed by atoms with E-state index < -0.39 is 5.60 Å². The van der Waals surface area contributed by atoms with E-state index in [4.69, 9.17) is 4.42 Å². The first-order chi connectivity index (χ1) is 9.19. The largest absolute Gasteiger partial charge is 0.468 e. The second kappa shape index (κ2) is 4.83. The predicted octanol–water partition coefficient (Wildman–Crippen LogP) is 2.76. The fraction of sp³-hybridized carbons (Fsp3) is 0.375. The smallest absolute Gasteiger partial charge is 0.120 e. The van der Waals surface area contributed by atoms with Crippen molar-refractivity contribution in [3.8, 4) is 0 Å². The molecule has 0 saturated carbocycles. The molecule has 0 bridgehead atoms. The summed E-state index contributed by atoms with van der Waals surface area (Å²) in [4.78, 5) is 0. The number of furan rings is 1. The van der Waals surface area contributed by atoms with E-state index in [-0.39, 0.29) is 6.04 Å². The first-order valence-electron chi connectivity index (χ1n) is 6.77. The summed E-state index contributed by atoms with van der Waals surface area (Å²) in [6, 6.07) is 12.1. The van der Waals surface area contributed by atoms with Crippen LogP contribution in [0.4, 0.5) is 0 Å². The van der Waals surface area contributed by atoms with Crippen LogP contribution in [0.25, 0.3) is 0 Å². The number of aliphatic hydroxyl groups is 1. The van der Waals surface area contributed by atoms with Crippen LogP contribution in [-0.2, 0) is 12.0 Å². The summed E-state index contributed by atoms with van der Waals surface area (Å²) in [7, 11) is 0. The third kappa shape index (κ3) is 2.31. The van der Waals surface area contributed by atoms with Crippen molar-refractivity contribution in [2.75, 3.05) is 6.54 Å². The van der Waals surface area contributed by atoms with Crippen molar-refractivity contribution in [1.29, 1.82) is 0 Å². The van der Waals surface area contributed by atoms with Crippen LogP contribution >= 0.6 is 0 Å². The van der Waals surface area contributed by atoms with Crippen LogP contribution < -0.4 is 5.32 Å². The van der Waals surface area contributed by atoms with Gasteiger partial charge in [-0.1, -0.05) is 24.3 Å². The van der Waals surface area contributed by atoms with E-state index in [9.17, 15) is 5.11 Å². The van der Waals surface area contributed by atoms with Crippen molar-refractivity contribution >= 4 is 0 Å². The van der Waals surface area contributed by atoms with Gasteiger partial charge >= 0.3 is 0 Å². The molecule has 1 aliphatic carbocycles. The number of hydrogen-bond acceptors (Lipinski definition) is 3. The van der Waals surface area contributed by atoms with Gasteiger partial charge in [0.1, 0.15) is 11.4 Å². The lowest BCUT2D eigenvalue weighted by atomic mass is 9.95. The Morgan fingerprint density at radius 2 is 2.16 bits per heavy atom. The number of rotatable bonds is 4. The van der Waals surface area contributed by atoms with Crippen molar-refractivity contribution in [3.05, 3.63) is 59.5 Å². The molecule has 2 atom stereocenters. The second-order valence-electron chi connectivity index (χ2n) is 5.31. The molecule has 1 heterocycles. The van der Waals surface area contributed by atoms with Gasteiger partial charge in [-0.05, 0) is 43.0 Å². The average Bonchev–Trinajstić information content (AvgIpc) is 3.06. The van der Waals surface area contributed by atoms with Crippen molar-refractivity contribution in [2.24, 2.45) is 0 Å². The van der Waals surface area contributed by atoms with Crippen LogP contribution in [0.3, 0.4) is 0 Å². The normalized spacial score (nSPS) is 23.3. The monoisotopic (exact) mass is 257 g/mol. The Morgan fingerprint density at radius 1 is 1.32 bits per heavy atom. The first-order valence-corrected chi connectivity index (χ1v) is 6.77. The molecule has 19 heavy (non-hydrogen) atoms. The molecule has 3 rings (SSSR count). The molecule has 0 radical (unpaired) electrons. The van der Waals surface area contributed by atoms with E-state index in [1.807, 2.05) is 37.3 Å². The molecule has 2 N–H and O–H groups in total. The summed E-state index contributed by atoms with van der Waals surface area (Å²) in [6.07, 6.45) is 3.40. The summed E-state index contributed by atoms with van der Waals surface area (Å²) < 4.78 is 5.37. The Kier molecular flexibility index (Phi) is 3.17. The maximum atomic E-state index is 10.8. The van der Waals surface area contributed by atoms with Crippen LogP contribution in [0.15, 0.2) is 47.1 Å². The summed E-state index contributed by atoms with van der Waals surface area (Å²) in [5, 5.41) is 14.2. The Morgan fingerprint density at radius 3 is 2.95 bits per heavy atom. The topological polar surface area (TPSA) is 45.4 Å². The fourth-order valence-electron chi connectivity index (χ4n) is 2.81. The predicted molar refractivity (Wildman–Crippen MR) is 73.8 cm³/mol. The zero-order valence-electron chi connectivity index (χ0n) is 11.1. The number of fused-ring (bicyclic) bond motifs is 1. The highest BCUT2D eigenvalue weighted by Gasteiger charge is 2.36. The molecule has 1 aliphatic rings. The Hall–Kier alpha value is -1.58. The third-order valence-electron chi connectivity index (χ3n) is 4.00. The van der Waals surface area contributed by atoms with E-state index in [1.54, 1.807) is 6.26 Å². The number of aryl methyl sites for hydroxylation is 1. The van der Waals surface area contributed by atoms with Crippen LogP contribution in [0.2, 0.25) is 0 Å². The van der Waals surface area contributed by atoms with E-state index in [2.05, 4.69) is 11.4 Å². The first kappa shape index (κ1) is 12.5. The number of benzene rings is 1. The molecule has 2 aromatic rings. The Balaban J connectivity index is 1.71. The number of hydrogen-bond donors (Lipinski definition) is 2. The number of nitrogens with one attached hydrogen (secondary N) is 1. The zero-order chi connectivity index (χ0) is 13.3. The van der Waals surface area contributed by atoms with Crippen molar-refractivity contribution in [1.82, 2.24) is 5.32 Å². The molecule has 2 unspecified atom stereocenters. The molecule has 100 valence electrons. The molecule has 0 amide bonds. The molecule has 0 spiro atoms. The minimum Gasteiger partial charge on any atom is -0.468 e. The van der Waals surface area contributed by atoms with Gasteiger partial charge in [0, 0.05) is 6.54 Å². The summed E-state index contributed by atoms with van der Waals surface area (Å²) in [5.74, 6) is 0.898. The molecular weight excluding hydrogens is 238 g/mol. The standard InChI is InChI=1S/C16H19NO2/c1-12(15-7-4-10-19-15)17-11-16(18)9-8-13-5-2-3-6-14(13)16/h2-7,10,12,17-18H,8-9,11H2,1H3. The van der Waals surface area contributed by atoms with E-state index in [0.717, 1.165) is 24.2 Å². The lowest BCUT2D eigenvalue weighted by Crippen LogP contribution is -2.37. The van der Waals surface area contributed by atoms with Gasteiger partial charge in [-0.15, -0.1) is 0 Å². The van der Waals surface area contributed by atoms with Gasteiger partial charge in [0.05, 0.1) is 12.3 Å². The minimum atomic E-state index is -0.753. The van der Waals surface area contributed by atoms with Gasteiger partial charge in [0.15, 0.2) is 0 Å². The van der Waals surface area contributed by atoms with Crippen molar-refractivity contribution in [3.63, 3.8) is 0 Å². The highest BCUT2D eigenvalue weighted by Crippen LogP contribution is 2.36. The van der Waals surface area contributed by atoms with Gasteiger partial charge in [0.25, 0.3) is 0 Å². The fourth-order valence-corrected chi connectivity index (χ4v) is 2.81. The molecule has 0 aliphatic heterocycles. The van der Waals surface area contributed by atoms with Crippen molar-refractivity contribution < 1.29 is 9.52 Å².